The van der Waals surface area contributed by atoms with Crippen molar-refractivity contribution in [2.45, 2.75) is 12.8 Å². The van der Waals surface area contributed by atoms with Crippen molar-refractivity contribution in [1.29, 1.82) is 0 Å². The summed E-state index contributed by atoms with van der Waals surface area (Å²) in [4.78, 5) is 0. The lowest BCUT2D eigenvalue weighted by atomic mass is 10.0. The van der Waals surface area contributed by atoms with E-state index < -0.39 is 0 Å². The van der Waals surface area contributed by atoms with Gasteiger partial charge in [0.2, 0.25) is 0 Å². The summed E-state index contributed by atoms with van der Waals surface area (Å²) in [5, 5.41) is 3.36. The van der Waals surface area contributed by atoms with E-state index in [2.05, 4.69) is 5.32 Å². The summed E-state index contributed by atoms with van der Waals surface area (Å²) in [7, 11) is 1.70. The van der Waals surface area contributed by atoms with Crippen LogP contribution < -0.4 is 5.32 Å². The number of piperidine rings is 1. The molecule has 80 valence electrons. The molecule has 1 fully saturated rings. The van der Waals surface area contributed by atoms with Crippen molar-refractivity contribution >= 4 is 12.4 Å². The molecule has 0 aromatic rings. The van der Waals surface area contributed by atoms with Gasteiger partial charge in [0, 0.05) is 13.7 Å². The Hall–Kier alpha value is 0.170. The molecule has 0 saturated carbocycles. The maximum absolute atomic E-state index is 5.45. The van der Waals surface area contributed by atoms with Gasteiger partial charge in [0.1, 0.15) is 0 Å². The van der Waals surface area contributed by atoms with Crippen LogP contribution in [-0.4, -0.2) is 40.0 Å². The number of ether oxygens (including phenoxy) is 2. The number of rotatable bonds is 5. The highest BCUT2D eigenvalue weighted by atomic mass is 35.5. The van der Waals surface area contributed by atoms with Crippen LogP contribution in [0.25, 0.3) is 0 Å². The van der Waals surface area contributed by atoms with E-state index in [9.17, 15) is 0 Å². The van der Waals surface area contributed by atoms with E-state index in [1.165, 1.54) is 19.4 Å². The molecule has 0 aliphatic carbocycles. The van der Waals surface area contributed by atoms with Gasteiger partial charge in [-0.2, -0.15) is 0 Å². The van der Waals surface area contributed by atoms with Gasteiger partial charge in [-0.3, -0.25) is 0 Å². The highest BCUT2D eigenvalue weighted by Crippen LogP contribution is 2.09. The van der Waals surface area contributed by atoms with Gasteiger partial charge in [-0.05, 0) is 25.3 Å². The van der Waals surface area contributed by atoms with Crippen molar-refractivity contribution in [3.05, 3.63) is 0 Å². The monoisotopic (exact) mass is 209 g/mol. The Bertz CT molecular complexity index is 108. The van der Waals surface area contributed by atoms with Crippen molar-refractivity contribution in [3.8, 4) is 0 Å². The predicted octanol–water partition coefficient (Wildman–Crippen LogP) is 1.07. The van der Waals surface area contributed by atoms with Crippen LogP contribution in [-0.2, 0) is 9.47 Å². The fraction of sp³-hybridized carbons (Fsp3) is 1.00. The lowest BCUT2D eigenvalue weighted by molar-refractivity contribution is 0.0465. The molecule has 0 spiro atoms. The number of halogens is 1. The van der Waals surface area contributed by atoms with E-state index in [0.717, 1.165) is 25.7 Å². The zero-order valence-electron chi connectivity index (χ0n) is 8.25. The number of methoxy groups -OCH3 is 1. The summed E-state index contributed by atoms with van der Waals surface area (Å²) in [5.41, 5.74) is 0. The maximum atomic E-state index is 5.45. The normalized spacial score (nSPS) is 22.4. The van der Waals surface area contributed by atoms with Gasteiger partial charge in [0.25, 0.3) is 0 Å². The van der Waals surface area contributed by atoms with Crippen LogP contribution in [0.3, 0.4) is 0 Å². The van der Waals surface area contributed by atoms with Gasteiger partial charge in [-0.25, -0.2) is 0 Å². The maximum Gasteiger partial charge on any atom is 0.0700 e. The summed E-state index contributed by atoms with van der Waals surface area (Å²) in [6.45, 7) is 4.62. The molecule has 0 aromatic heterocycles. The van der Waals surface area contributed by atoms with Crippen LogP contribution in [0.5, 0.6) is 0 Å². The van der Waals surface area contributed by atoms with E-state index in [1.807, 2.05) is 0 Å². The van der Waals surface area contributed by atoms with E-state index in [0.29, 0.717) is 6.61 Å². The average Bonchev–Trinajstić information content (AvgIpc) is 2.14. The van der Waals surface area contributed by atoms with Crippen LogP contribution >= 0.6 is 12.4 Å². The minimum Gasteiger partial charge on any atom is -0.382 e. The Morgan fingerprint density at radius 2 is 2.23 bits per heavy atom. The van der Waals surface area contributed by atoms with Crippen LogP contribution in [0.1, 0.15) is 12.8 Å². The Labute approximate surface area is 86.6 Å². The summed E-state index contributed by atoms with van der Waals surface area (Å²) < 4.78 is 10.3. The molecule has 1 unspecified atom stereocenters. The topological polar surface area (TPSA) is 30.5 Å². The van der Waals surface area contributed by atoms with Gasteiger partial charge in [0.15, 0.2) is 0 Å². The quantitative estimate of drug-likeness (QED) is 0.688. The van der Waals surface area contributed by atoms with Crippen molar-refractivity contribution in [3.63, 3.8) is 0 Å². The minimum atomic E-state index is 0. The SMILES string of the molecule is COCCOCC1CCCNC1.Cl. The first-order valence-electron chi connectivity index (χ1n) is 4.71. The second-order valence-electron chi connectivity index (χ2n) is 3.28. The number of nitrogens with one attached hydrogen (secondary N) is 1. The highest BCUT2D eigenvalue weighted by molar-refractivity contribution is 5.85. The average molecular weight is 210 g/mol. The molecule has 0 amide bonds. The lowest BCUT2D eigenvalue weighted by Gasteiger charge is -2.22. The third-order valence-electron chi connectivity index (χ3n) is 2.18. The molecule has 1 heterocycles. The molecule has 1 N–H and O–H groups in total. The van der Waals surface area contributed by atoms with Crippen molar-refractivity contribution in [2.24, 2.45) is 5.92 Å². The first kappa shape index (κ1) is 13.2. The summed E-state index contributed by atoms with van der Waals surface area (Å²) in [6.07, 6.45) is 2.60. The molecule has 1 aliphatic heterocycles. The molecule has 1 saturated heterocycles. The van der Waals surface area contributed by atoms with Gasteiger partial charge < -0.3 is 14.8 Å². The Kier molecular flexibility index (Phi) is 8.87. The Morgan fingerprint density at radius 3 is 2.85 bits per heavy atom. The summed E-state index contributed by atoms with van der Waals surface area (Å²) in [6, 6.07) is 0. The number of hydrogen-bond donors (Lipinski definition) is 1. The lowest BCUT2D eigenvalue weighted by Crippen LogP contribution is -2.32. The molecule has 0 aromatic carbocycles. The second kappa shape index (κ2) is 8.75. The van der Waals surface area contributed by atoms with Crippen molar-refractivity contribution in [2.75, 3.05) is 40.0 Å². The van der Waals surface area contributed by atoms with Crippen LogP contribution in [0.2, 0.25) is 0 Å². The van der Waals surface area contributed by atoms with Crippen molar-refractivity contribution in [1.82, 2.24) is 5.32 Å². The summed E-state index contributed by atoms with van der Waals surface area (Å²) >= 11 is 0. The molecule has 1 rings (SSSR count). The van der Waals surface area contributed by atoms with Crippen LogP contribution in [0.15, 0.2) is 0 Å². The molecule has 13 heavy (non-hydrogen) atoms. The van der Waals surface area contributed by atoms with Gasteiger partial charge in [-0.15, -0.1) is 12.4 Å². The Morgan fingerprint density at radius 1 is 1.38 bits per heavy atom. The summed E-state index contributed by atoms with van der Waals surface area (Å²) in [5.74, 6) is 0.718. The molecule has 3 nitrogen and oxygen atoms in total. The molecule has 0 radical (unpaired) electrons. The molecule has 1 atom stereocenters. The van der Waals surface area contributed by atoms with Crippen LogP contribution in [0.4, 0.5) is 0 Å². The van der Waals surface area contributed by atoms with E-state index in [-0.39, 0.29) is 12.4 Å². The first-order chi connectivity index (χ1) is 5.93. The molecule has 1 aliphatic rings. The highest BCUT2D eigenvalue weighted by Gasteiger charge is 2.12. The molecule has 4 heteroatoms. The van der Waals surface area contributed by atoms with E-state index >= 15 is 0 Å². The van der Waals surface area contributed by atoms with Gasteiger partial charge in [0.05, 0.1) is 19.8 Å². The largest absolute Gasteiger partial charge is 0.382 e. The minimum absolute atomic E-state index is 0. The van der Waals surface area contributed by atoms with Gasteiger partial charge in [-0.1, -0.05) is 0 Å². The fourth-order valence-electron chi connectivity index (χ4n) is 1.46. The van der Waals surface area contributed by atoms with Crippen molar-refractivity contribution < 1.29 is 9.47 Å². The van der Waals surface area contributed by atoms with Gasteiger partial charge >= 0.3 is 0 Å². The van der Waals surface area contributed by atoms with E-state index in [1.54, 1.807) is 7.11 Å². The van der Waals surface area contributed by atoms with Crippen LogP contribution in [0, 0.1) is 5.92 Å². The first-order valence-corrected chi connectivity index (χ1v) is 4.71. The fourth-order valence-corrected chi connectivity index (χ4v) is 1.46. The number of hydrogen-bond acceptors (Lipinski definition) is 3. The third kappa shape index (κ3) is 6.27. The van der Waals surface area contributed by atoms with E-state index in [4.69, 9.17) is 9.47 Å². The zero-order chi connectivity index (χ0) is 8.65. The smallest absolute Gasteiger partial charge is 0.0700 e. The predicted molar refractivity (Wildman–Crippen MR) is 55.5 cm³/mol. The standard InChI is InChI=1S/C9H19NO2.ClH/c1-11-5-6-12-8-9-3-2-4-10-7-9;/h9-10H,2-8H2,1H3;1H. The molecule has 0 bridgehead atoms. The third-order valence-corrected chi connectivity index (χ3v) is 2.18. The second-order valence-corrected chi connectivity index (χ2v) is 3.28. The zero-order valence-corrected chi connectivity index (χ0v) is 9.07. The Balaban J connectivity index is 0.00000144. The molecular formula is C9H20ClNO2. The molecular weight excluding hydrogens is 190 g/mol.